The number of aliphatic hydroxyl groups is 2. The van der Waals surface area contributed by atoms with Crippen LogP contribution in [0.15, 0.2) is 0 Å². The van der Waals surface area contributed by atoms with Gasteiger partial charge in [-0.25, -0.2) is 0 Å². The van der Waals surface area contributed by atoms with E-state index in [1.54, 1.807) is 7.11 Å². The first-order valence-electron chi connectivity index (χ1n) is 6.88. The van der Waals surface area contributed by atoms with Crippen molar-refractivity contribution in [2.75, 3.05) is 33.5 Å². The van der Waals surface area contributed by atoms with Crippen LogP contribution in [0.25, 0.3) is 0 Å². The molecule has 0 radical (unpaired) electrons. The molecule has 1 heterocycles. The van der Waals surface area contributed by atoms with Crippen LogP contribution in [-0.4, -0.2) is 68.2 Å². The molecule has 1 fully saturated rings. The quantitative estimate of drug-likeness (QED) is 0.530. The van der Waals surface area contributed by atoms with Gasteiger partial charge in [0.1, 0.15) is 12.2 Å². The van der Waals surface area contributed by atoms with Crippen LogP contribution < -0.4 is 5.32 Å². The summed E-state index contributed by atoms with van der Waals surface area (Å²) in [5.41, 5.74) is 0. The summed E-state index contributed by atoms with van der Waals surface area (Å²) in [6.45, 7) is 6.32. The first kappa shape index (κ1) is 16.8. The van der Waals surface area contributed by atoms with E-state index in [1.165, 1.54) is 0 Å². The van der Waals surface area contributed by atoms with Gasteiger partial charge in [-0.05, 0) is 18.9 Å². The molecule has 0 saturated carbocycles. The predicted molar refractivity (Wildman–Crippen MR) is 70.8 cm³/mol. The maximum atomic E-state index is 10.0. The number of methoxy groups -OCH3 is 1. The summed E-state index contributed by atoms with van der Waals surface area (Å²) >= 11 is 0. The lowest BCUT2D eigenvalue weighted by atomic mass is 10.0. The molecule has 1 saturated heterocycles. The van der Waals surface area contributed by atoms with Crippen molar-refractivity contribution in [3.8, 4) is 0 Å². The zero-order valence-electron chi connectivity index (χ0n) is 12.0. The van der Waals surface area contributed by atoms with Gasteiger partial charge in [-0.15, -0.1) is 0 Å². The van der Waals surface area contributed by atoms with E-state index in [1.807, 2.05) is 0 Å². The van der Waals surface area contributed by atoms with Crippen LogP contribution in [-0.2, 0) is 14.2 Å². The fourth-order valence-corrected chi connectivity index (χ4v) is 1.91. The lowest BCUT2D eigenvalue weighted by Gasteiger charge is -2.38. The van der Waals surface area contributed by atoms with Gasteiger partial charge >= 0.3 is 0 Å². The average Bonchev–Trinajstić information content (AvgIpc) is 2.38. The minimum Gasteiger partial charge on any atom is -0.388 e. The van der Waals surface area contributed by atoms with Crippen molar-refractivity contribution in [3.05, 3.63) is 0 Å². The molecule has 0 bridgehead atoms. The Morgan fingerprint density at radius 1 is 1.26 bits per heavy atom. The topological polar surface area (TPSA) is 80.2 Å². The fourth-order valence-electron chi connectivity index (χ4n) is 1.91. The zero-order valence-corrected chi connectivity index (χ0v) is 12.0. The van der Waals surface area contributed by atoms with Crippen molar-refractivity contribution >= 4 is 0 Å². The number of hydrogen-bond acceptors (Lipinski definition) is 6. The summed E-state index contributed by atoms with van der Waals surface area (Å²) in [7, 11) is 1.63. The average molecular weight is 277 g/mol. The summed E-state index contributed by atoms with van der Waals surface area (Å²) < 4.78 is 15.8. The highest BCUT2D eigenvalue weighted by Gasteiger charge is 2.38. The molecule has 1 aliphatic heterocycles. The Morgan fingerprint density at radius 2 is 2.00 bits per heavy atom. The lowest BCUT2D eigenvalue weighted by Crippen LogP contribution is -2.59. The van der Waals surface area contributed by atoms with Gasteiger partial charge in [0.15, 0.2) is 6.29 Å². The second-order valence-corrected chi connectivity index (χ2v) is 5.31. The normalized spacial score (nSPS) is 31.9. The predicted octanol–water partition coefficient (Wildman–Crippen LogP) is -0.268. The van der Waals surface area contributed by atoms with E-state index in [4.69, 9.17) is 14.2 Å². The van der Waals surface area contributed by atoms with Crippen LogP contribution in [0.1, 0.15) is 20.3 Å². The maximum absolute atomic E-state index is 10.0. The molecule has 0 aromatic rings. The number of nitrogens with one attached hydrogen (secondary N) is 1. The van der Waals surface area contributed by atoms with Crippen LogP contribution in [0, 0.1) is 5.92 Å². The smallest absolute Gasteiger partial charge is 0.186 e. The molecular weight excluding hydrogens is 250 g/mol. The van der Waals surface area contributed by atoms with Crippen LogP contribution in [0.5, 0.6) is 0 Å². The molecule has 1 rings (SSSR count). The molecule has 0 aliphatic carbocycles. The molecular formula is C13H27NO5. The number of aliphatic hydroxyl groups excluding tert-OH is 2. The van der Waals surface area contributed by atoms with Gasteiger partial charge < -0.3 is 29.7 Å². The third kappa shape index (κ3) is 5.72. The van der Waals surface area contributed by atoms with Gasteiger partial charge in [-0.2, -0.15) is 0 Å². The van der Waals surface area contributed by atoms with Gasteiger partial charge in [0.2, 0.25) is 0 Å². The Morgan fingerprint density at radius 3 is 2.63 bits per heavy atom. The van der Waals surface area contributed by atoms with E-state index in [-0.39, 0.29) is 6.04 Å². The first-order chi connectivity index (χ1) is 9.06. The number of ether oxygens (including phenoxy) is 3. The molecule has 1 aliphatic rings. The summed E-state index contributed by atoms with van der Waals surface area (Å²) in [4.78, 5) is 0. The third-order valence-electron chi connectivity index (χ3n) is 3.04. The second kappa shape index (κ2) is 8.84. The molecule has 0 aromatic carbocycles. The SMILES string of the molecule is COCCCO[C@H]1OC[C@@H](NCC(C)C)[C@H](O)[C@H]1O. The minimum atomic E-state index is -1.03. The molecule has 3 N–H and O–H groups in total. The van der Waals surface area contributed by atoms with E-state index in [2.05, 4.69) is 19.2 Å². The highest BCUT2D eigenvalue weighted by atomic mass is 16.7. The molecule has 0 amide bonds. The van der Waals surface area contributed by atoms with Gasteiger partial charge in [-0.1, -0.05) is 13.8 Å². The Bertz CT molecular complexity index is 239. The Balaban J connectivity index is 2.30. The number of hydrogen-bond donors (Lipinski definition) is 3. The largest absolute Gasteiger partial charge is 0.388 e. The van der Waals surface area contributed by atoms with E-state index < -0.39 is 18.5 Å². The summed E-state index contributed by atoms with van der Waals surface area (Å²) in [6, 6.07) is -0.253. The molecule has 114 valence electrons. The summed E-state index contributed by atoms with van der Waals surface area (Å²) in [6.07, 6.45) is -1.93. The van der Waals surface area contributed by atoms with Crippen molar-refractivity contribution < 1.29 is 24.4 Å². The Kier molecular flexibility index (Phi) is 7.82. The van der Waals surface area contributed by atoms with Crippen LogP contribution >= 0.6 is 0 Å². The van der Waals surface area contributed by atoms with Crippen LogP contribution in [0.4, 0.5) is 0 Å². The van der Waals surface area contributed by atoms with Crippen LogP contribution in [0.3, 0.4) is 0 Å². The van der Waals surface area contributed by atoms with Crippen LogP contribution in [0.2, 0.25) is 0 Å². The monoisotopic (exact) mass is 277 g/mol. The minimum absolute atomic E-state index is 0.253. The van der Waals surface area contributed by atoms with Crippen molar-refractivity contribution in [1.29, 1.82) is 0 Å². The van der Waals surface area contributed by atoms with Gasteiger partial charge in [-0.3, -0.25) is 0 Å². The Labute approximate surface area is 115 Å². The Hall–Kier alpha value is -0.240. The van der Waals surface area contributed by atoms with Gasteiger partial charge in [0.25, 0.3) is 0 Å². The fraction of sp³-hybridized carbons (Fsp3) is 1.00. The van der Waals surface area contributed by atoms with Crippen molar-refractivity contribution in [2.45, 2.75) is 44.8 Å². The van der Waals surface area contributed by atoms with Crippen molar-refractivity contribution in [2.24, 2.45) is 5.92 Å². The van der Waals surface area contributed by atoms with Crippen molar-refractivity contribution in [1.82, 2.24) is 5.32 Å². The molecule has 0 aromatic heterocycles. The molecule has 6 heteroatoms. The van der Waals surface area contributed by atoms with Gasteiger partial charge in [0, 0.05) is 13.7 Å². The summed E-state index contributed by atoms with van der Waals surface area (Å²) in [5, 5.41) is 23.2. The maximum Gasteiger partial charge on any atom is 0.186 e. The zero-order chi connectivity index (χ0) is 14.3. The standard InChI is InChI=1S/C13H27NO5/c1-9(2)7-14-10-8-19-13(12(16)11(10)15)18-6-4-5-17-3/h9-16H,4-8H2,1-3H3/t10-,11+,12-,13+/m1/s1. The summed E-state index contributed by atoms with van der Waals surface area (Å²) in [5.74, 6) is 0.479. The van der Waals surface area contributed by atoms with E-state index in [0.717, 1.165) is 13.0 Å². The highest BCUT2D eigenvalue weighted by Crippen LogP contribution is 2.17. The molecule has 19 heavy (non-hydrogen) atoms. The van der Waals surface area contributed by atoms with E-state index in [0.29, 0.717) is 25.7 Å². The molecule has 6 nitrogen and oxygen atoms in total. The highest BCUT2D eigenvalue weighted by molar-refractivity contribution is 4.87. The molecule has 0 spiro atoms. The van der Waals surface area contributed by atoms with E-state index >= 15 is 0 Å². The van der Waals surface area contributed by atoms with Crippen molar-refractivity contribution in [3.63, 3.8) is 0 Å². The van der Waals surface area contributed by atoms with Gasteiger partial charge in [0.05, 0.1) is 19.3 Å². The number of rotatable bonds is 8. The third-order valence-corrected chi connectivity index (χ3v) is 3.04. The lowest BCUT2D eigenvalue weighted by molar-refractivity contribution is -0.251. The second-order valence-electron chi connectivity index (χ2n) is 5.31. The van der Waals surface area contributed by atoms with E-state index in [9.17, 15) is 10.2 Å². The molecule has 4 atom stereocenters. The first-order valence-corrected chi connectivity index (χ1v) is 6.88. The molecule has 0 unspecified atom stereocenters.